The Hall–Kier alpha value is -4.45. The average molecular weight is 436 g/mol. The van der Waals surface area contributed by atoms with Gasteiger partial charge in [0, 0.05) is 23.6 Å². The zero-order valence-electron chi connectivity index (χ0n) is 17.8. The minimum absolute atomic E-state index is 0.0392. The van der Waals surface area contributed by atoms with Crippen molar-refractivity contribution < 1.29 is 19.4 Å². The van der Waals surface area contributed by atoms with Crippen molar-refractivity contribution in [1.29, 1.82) is 0 Å². The number of hydrogen-bond acceptors (Lipinski definition) is 5. The summed E-state index contributed by atoms with van der Waals surface area (Å²) in [5.74, 6) is -1.02. The van der Waals surface area contributed by atoms with Gasteiger partial charge in [-0.25, -0.2) is 0 Å². The highest BCUT2D eigenvalue weighted by Gasteiger charge is 2.46. The number of methoxy groups -OCH3 is 1. The van der Waals surface area contributed by atoms with Gasteiger partial charge in [-0.1, -0.05) is 36.4 Å². The Kier molecular flexibility index (Phi) is 5.11. The smallest absolute Gasteiger partial charge is 0.300 e. The number of hydrogen-bond donors (Lipinski definition) is 1. The number of pyridine rings is 1. The molecule has 5 rings (SSSR count). The van der Waals surface area contributed by atoms with Crippen LogP contribution in [-0.4, -0.2) is 28.9 Å². The number of aliphatic hydroxyl groups is 1. The van der Waals surface area contributed by atoms with E-state index in [9.17, 15) is 14.7 Å². The molecule has 0 bridgehead atoms. The Morgan fingerprint density at radius 3 is 2.30 bits per heavy atom. The quantitative estimate of drug-likeness (QED) is 0.281. The van der Waals surface area contributed by atoms with E-state index in [0.29, 0.717) is 22.6 Å². The maximum Gasteiger partial charge on any atom is 0.300 e. The fourth-order valence-corrected chi connectivity index (χ4v) is 4.19. The van der Waals surface area contributed by atoms with Crippen molar-refractivity contribution in [2.24, 2.45) is 0 Å². The van der Waals surface area contributed by atoms with E-state index in [4.69, 9.17) is 4.74 Å². The van der Waals surface area contributed by atoms with Crippen LogP contribution < -0.4 is 9.64 Å². The fourth-order valence-electron chi connectivity index (χ4n) is 4.19. The largest absolute Gasteiger partial charge is 0.507 e. The van der Waals surface area contributed by atoms with Crippen molar-refractivity contribution in [1.82, 2.24) is 4.98 Å². The summed E-state index contributed by atoms with van der Waals surface area (Å²) in [6, 6.07) is 22.8. The highest BCUT2D eigenvalue weighted by Crippen LogP contribution is 2.42. The van der Waals surface area contributed by atoms with Gasteiger partial charge in [-0.05, 0) is 58.8 Å². The van der Waals surface area contributed by atoms with E-state index in [1.54, 1.807) is 62.0 Å². The number of carbonyl (C=O) groups excluding carboxylic acids is 2. The summed E-state index contributed by atoms with van der Waals surface area (Å²) in [5.41, 5.74) is 1.71. The van der Waals surface area contributed by atoms with Gasteiger partial charge < -0.3 is 9.84 Å². The normalized spacial score (nSPS) is 17.5. The van der Waals surface area contributed by atoms with Crippen molar-refractivity contribution >= 4 is 33.9 Å². The molecular formula is C27H20N2O4. The molecule has 6 heteroatoms. The van der Waals surface area contributed by atoms with E-state index < -0.39 is 17.7 Å². The summed E-state index contributed by atoms with van der Waals surface area (Å²) in [5, 5.41) is 13.2. The van der Waals surface area contributed by atoms with Crippen LogP contribution in [0, 0.1) is 0 Å². The summed E-state index contributed by atoms with van der Waals surface area (Å²) >= 11 is 0. The lowest BCUT2D eigenvalue weighted by atomic mass is 9.95. The monoisotopic (exact) mass is 436 g/mol. The number of ether oxygens (including phenoxy) is 1. The van der Waals surface area contributed by atoms with Crippen molar-refractivity contribution in [2.45, 2.75) is 6.04 Å². The average Bonchev–Trinajstić information content (AvgIpc) is 3.14. The Morgan fingerprint density at radius 1 is 0.909 bits per heavy atom. The van der Waals surface area contributed by atoms with E-state index >= 15 is 0 Å². The number of aromatic nitrogens is 1. The predicted molar refractivity (Wildman–Crippen MR) is 126 cm³/mol. The Balaban J connectivity index is 1.70. The molecule has 2 heterocycles. The second kappa shape index (κ2) is 8.24. The summed E-state index contributed by atoms with van der Waals surface area (Å²) < 4.78 is 5.22. The lowest BCUT2D eigenvalue weighted by Gasteiger charge is -2.25. The third kappa shape index (κ3) is 3.51. The molecule has 1 aliphatic rings. The Bertz CT molecular complexity index is 1390. The molecule has 0 aliphatic carbocycles. The zero-order chi connectivity index (χ0) is 22.9. The number of nitrogens with zero attached hydrogens (tertiary/aromatic N) is 2. The molecule has 0 spiro atoms. The fraction of sp³-hybridized carbons (Fsp3) is 0.0741. The third-order valence-electron chi connectivity index (χ3n) is 5.84. The molecule has 1 N–H and O–H groups in total. The predicted octanol–water partition coefficient (Wildman–Crippen LogP) is 4.87. The number of benzene rings is 3. The molecule has 0 radical (unpaired) electrons. The van der Waals surface area contributed by atoms with Gasteiger partial charge in [0.05, 0.1) is 18.7 Å². The van der Waals surface area contributed by atoms with Crippen LogP contribution in [0.5, 0.6) is 5.75 Å². The molecule has 1 aromatic heterocycles. The number of Topliss-reactive ketones (excluding diaryl/α,β-unsaturated/α-hetero) is 1. The standard InChI is InChI=1S/C27H20N2O4/c1-33-22-10-8-21(9-11-22)29-24(18-12-14-28-15-13-18)23(26(31)27(29)32)25(30)20-7-6-17-4-2-3-5-19(17)16-20/h2-16,24,30H,1H3/b25-23-. The molecule has 1 aliphatic heterocycles. The first-order valence-corrected chi connectivity index (χ1v) is 10.4. The van der Waals surface area contributed by atoms with Crippen LogP contribution in [0.1, 0.15) is 17.2 Å². The van der Waals surface area contributed by atoms with Crippen LogP contribution in [-0.2, 0) is 9.59 Å². The number of anilines is 1. The SMILES string of the molecule is COc1ccc(N2C(=O)C(=O)/C(=C(\O)c3ccc4ccccc4c3)C2c2ccncc2)cc1. The van der Waals surface area contributed by atoms with Crippen LogP contribution in [0.25, 0.3) is 16.5 Å². The minimum atomic E-state index is -0.798. The molecule has 6 nitrogen and oxygen atoms in total. The minimum Gasteiger partial charge on any atom is -0.507 e. The molecule has 4 aromatic rings. The molecule has 3 aromatic carbocycles. The van der Waals surface area contributed by atoms with E-state index in [-0.39, 0.29) is 11.3 Å². The highest BCUT2D eigenvalue weighted by atomic mass is 16.5. The topological polar surface area (TPSA) is 79.7 Å². The van der Waals surface area contributed by atoms with Crippen molar-refractivity contribution in [2.75, 3.05) is 12.0 Å². The molecule has 0 saturated carbocycles. The van der Waals surface area contributed by atoms with Gasteiger partial charge >= 0.3 is 0 Å². The molecule has 1 unspecified atom stereocenters. The van der Waals surface area contributed by atoms with Crippen LogP contribution in [0.2, 0.25) is 0 Å². The number of carbonyl (C=O) groups is 2. The summed E-state index contributed by atoms with van der Waals surface area (Å²) in [7, 11) is 1.56. The molecule has 33 heavy (non-hydrogen) atoms. The van der Waals surface area contributed by atoms with E-state index in [0.717, 1.165) is 10.8 Å². The molecule has 1 amide bonds. The van der Waals surface area contributed by atoms with E-state index in [2.05, 4.69) is 4.98 Å². The van der Waals surface area contributed by atoms with Gasteiger partial charge in [-0.2, -0.15) is 0 Å². The molecular weight excluding hydrogens is 416 g/mol. The lowest BCUT2D eigenvalue weighted by Crippen LogP contribution is -2.29. The summed E-state index contributed by atoms with van der Waals surface area (Å²) in [4.78, 5) is 31.9. The number of rotatable bonds is 4. The van der Waals surface area contributed by atoms with Crippen LogP contribution in [0.3, 0.4) is 0 Å². The van der Waals surface area contributed by atoms with Gasteiger partial charge in [-0.15, -0.1) is 0 Å². The Labute approximate surface area is 190 Å². The second-order valence-electron chi connectivity index (χ2n) is 7.71. The first-order valence-electron chi connectivity index (χ1n) is 10.4. The maximum absolute atomic E-state index is 13.2. The van der Waals surface area contributed by atoms with Gasteiger partial charge in [0.1, 0.15) is 11.5 Å². The number of ketones is 1. The summed E-state index contributed by atoms with van der Waals surface area (Å²) in [6.45, 7) is 0. The van der Waals surface area contributed by atoms with Crippen molar-refractivity contribution in [3.05, 3.63) is 108 Å². The summed E-state index contributed by atoms with van der Waals surface area (Å²) in [6.07, 6.45) is 3.19. The molecule has 162 valence electrons. The first-order chi connectivity index (χ1) is 16.1. The number of amides is 1. The van der Waals surface area contributed by atoms with Crippen molar-refractivity contribution in [3.63, 3.8) is 0 Å². The highest BCUT2D eigenvalue weighted by molar-refractivity contribution is 6.51. The van der Waals surface area contributed by atoms with Gasteiger partial charge in [0.2, 0.25) is 0 Å². The van der Waals surface area contributed by atoms with Crippen LogP contribution >= 0.6 is 0 Å². The van der Waals surface area contributed by atoms with Crippen LogP contribution in [0.4, 0.5) is 5.69 Å². The van der Waals surface area contributed by atoms with Gasteiger partial charge in [0.15, 0.2) is 0 Å². The molecule has 1 fully saturated rings. The van der Waals surface area contributed by atoms with E-state index in [1.807, 2.05) is 36.4 Å². The maximum atomic E-state index is 13.2. The van der Waals surface area contributed by atoms with Gasteiger partial charge in [-0.3, -0.25) is 19.5 Å². The zero-order valence-corrected chi connectivity index (χ0v) is 17.8. The second-order valence-corrected chi connectivity index (χ2v) is 7.71. The number of fused-ring (bicyclic) bond motifs is 1. The van der Waals surface area contributed by atoms with Gasteiger partial charge in [0.25, 0.3) is 11.7 Å². The van der Waals surface area contributed by atoms with Crippen LogP contribution in [0.15, 0.2) is 96.8 Å². The lowest BCUT2D eigenvalue weighted by molar-refractivity contribution is -0.132. The Morgan fingerprint density at radius 2 is 1.61 bits per heavy atom. The molecule has 1 saturated heterocycles. The first kappa shape index (κ1) is 20.5. The van der Waals surface area contributed by atoms with E-state index in [1.165, 1.54) is 4.90 Å². The number of aliphatic hydroxyl groups excluding tert-OH is 1. The van der Waals surface area contributed by atoms with Crippen molar-refractivity contribution in [3.8, 4) is 5.75 Å². The molecule has 1 atom stereocenters. The third-order valence-corrected chi connectivity index (χ3v) is 5.84.